The predicted octanol–water partition coefficient (Wildman–Crippen LogP) is 4.11. The third kappa shape index (κ3) is 3.34. The van der Waals surface area contributed by atoms with Crippen LogP contribution in [0.15, 0.2) is 0 Å². The first-order chi connectivity index (χ1) is 8.59. The minimum Gasteiger partial charge on any atom is -0.382 e. The van der Waals surface area contributed by atoms with Gasteiger partial charge in [-0.2, -0.15) is 0 Å². The summed E-state index contributed by atoms with van der Waals surface area (Å²) < 4.78 is 0. The number of halogens is 4. The summed E-state index contributed by atoms with van der Waals surface area (Å²) in [6.45, 7) is 2.90. The third-order valence-corrected chi connectivity index (χ3v) is 4.50. The maximum absolute atomic E-state index is 6.08. The topological polar surface area (TPSA) is 37.0 Å². The lowest BCUT2D eigenvalue weighted by molar-refractivity contribution is 0.390. The zero-order valence-corrected chi connectivity index (χ0v) is 12.6. The Balaban J connectivity index is 2.08. The quantitative estimate of drug-likeness (QED) is 0.820. The van der Waals surface area contributed by atoms with Gasteiger partial charge < -0.3 is 10.6 Å². The van der Waals surface area contributed by atoms with E-state index in [0.29, 0.717) is 21.7 Å². The fourth-order valence-corrected chi connectivity index (χ4v) is 2.83. The summed E-state index contributed by atoms with van der Waals surface area (Å²) in [5.74, 6) is 0.601. The second-order valence-corrected chi connectivity index (χ2v) is 5.74. The van der Waals surface area contributed by atoms with Crippen LogP contribution in [0.1, 0.15) is 12.8 Å². The van der Waals surface area contributed by atoms with E-state index in [4.69, 9.17) is 46.4 Å². The molecule has 0 amide bonds. The molecule has 1 aromatic heterocycles. The van der Waals surface area contributed by atoms with Gasteiger partial charge in [0, 0.05) is 6.54 Å². The van der Waals surface area contributed by atoms with Crippen molar-refractivity contribution >= 4 is 52.1 Å². The lowest BCUT2D eigenvalue weighted by Gasteiger charge is -2.24. The maximum atomic E-state index is 6.08. The maximum Gasteiger partial charge on any atom is 0.151 e. The minimum atomic E-state index is 0.166. The summed E-state index contributed by atoms with van der Waals surface area (Å²) in [7, 11) is 0. The molecule has 0 spiro atoms. The van der Waals surface area contributed by atoms with E-state index in [9.17, 15) is 0 Å². The average Bonchev–Trinajstić information content (AvgIpc) is 2.38. The van der Waals surface area contributed by atoms with Crippen molar-refractivity contribution in [3.05, 3.63) is 20.4 Å². The molecule has 0 radical (unpaired) electrons. The molecule has 18 heavy (non-hydrogen) atoms. The second kappa shape index (κ2) is 6.49. The number of nitrogens with one attached hydrogen (secondary N) is 2. The number of rotatable bonds is 3. The van der Waals surface area contributed by atoms with Crippen LogP contribution >= 0.6 is 46.4 Å². The van der Waals surface area contributed by atoms with Crippen molar-refractivity contribution in [3.63, 3.8) is 0 Å². The fraction of sp³-hybridized carbons (Fsp3) is 0.545. The van der Waals surface area contributed by atoms with E-state index in [0.717, 1.165) is 32.5 Å². The zero-order chi connectivity index (χ0) is 13.1. The molecule has 100 valence electrons. The number of nitrogens with zero attached hydrogens (tertiary/aromatic N) is 1. The Kier molecular flexibility index (Phi) is 5.22. The van der Waals surface area contributed by atoms with Crippen molar-refractivity contribution in [2.24, 2.45) is 5.92 Å². The Morgan fingerprint density at radius 2 is 1.61 bits per heavy atom. The number of pyridine rings is 1. The van der Waals surface area contributed by atoms with Crippen LogP contribution in [0.4, 0.5) is 5.69 Å². The van der Waals surface area contributed by atoms with Crippen LogP contribution in [0.25, 0.3) is 0 Å². The number of hydrogen-bond donors (Lipinski definition) is 2. The van der Waals surface area contributed by atoms with Gasteiger partial charge in [0.15, 0.2) is 10.3 Å². The largest absolute Gasteiger partial charge is 0.382 e. The van der Waals surface area contributed by atoms with Crippen molar-refractivity contribution < 1.29 is 0 Å². The van der Waals surface area contributed by atoms with Gasteiger partial charge in [-0.15, -0.1) is 0 Å². The van der Waals surface area contributed by atoms with Crippen LogP contribution in [0.5, 0.6) is 0 Å². The van der Waals surface area contributed by atoms with E-state index in [-0.39, 0.29) is 10.3 Å². The molecule has 2 N–H and O–H groups in total. The highest BCUT2D eigenvalue weighted by Crippen LogP contribution is 2.38. The van der Waals surface area contributed by atoms with Gasteiger partial charge in [0.2, 0.25) is 0 Å². The smallest absolute Gasteiger partial charge is 0.151 e. The molecular formula is C11H13Cl4N3. The highest BCUT2D eigenvalue weighted by Gasteiger charge is 2.18. The van der Waals surface area contributed by atoms with E-state index in [1.807, 2.05) is 0 Å². The van der Waals surface area contributed by atoms with Crippen molar-refractivity contribution in [2.75, 3.05) is 25.0 Å². The molecule has 7 heteroatoms. The SMILES string of the molecule is Clc1nc(Cl)c(Cl)c(NCC2CCNCC2)c1Cl. The van der Waals surface area contributed by atoms with Crippen LogP contribution in [0, 0.1) is 5.92 Å². The summed E-state index contributed by atoms with van der Waals surface area (Å²) in [4.78, 5) is 3.85. The summed E-state index contributed by atoms with van der Waals surface area (Å²) in [5, 5.41) is 7.52. The monoisotopic (exact) mass is 327 g/mol. The van der Waals surface area contributed by atoms with Crippen LogP contribution in [0.2, 0.25) is 20.4 Å². The van der Waals surface area contributed by atoms with Gasteiger partial charge in [-0.3, -0.25) is 0 Å². The van der Waals surface area contributed by atoms with Crippen LogP contribution in [0.3, 0.4) is 0 Å². The van der Waals surface area contributed by atoms with Crippen LogP contribution in [-0.2, 0) is 0 Å². The lowest BCUT2D eigenvalue weighted by atomic mass is 9.98. The van der Waals surface area contributed by atoms with Gasteiger partial charge in [-0.25, -0.2) is 4.98 Å². The normalized spacial score (nSPS) is 16.9. The third-order valence-electron chi connectivity index (χ3n) is 3.02. The van der Waals surface area contributed by atoms with Gasteiger partial charge >= 0.3 is 0 Å². The van der Waals surface area contributed by atoms with Crippen LogP contribution < -0.4 is 10.6 Å². The molecule has 1 saturated heterocycles. The molecule has 0 bridgehead atoms. The Hall–Kier alpha value is 0.0700. The first-order valence-corrected chi connectivity index (χ1v) is 7.25. The van der Waals surface area contributed by atoms with Gasteiger partial charge in [0.25, 0.3) is 0 Å². The number of piperidine rings is 1. The Morgan fingerprint density at radius 3 is 2.17 bits per heavy atom. The number of anilines is 1. The van der Waals surface area contributed by atoms with Gasteiger partial charge in [-0.05, 0) is 31.8 Å². The zero-order valence-electron chi connectivity index (χ0n) is 9.57. The van der Waals surface area contributed by atoms with E-state index < -0.39 is 0 Å². The number of aromatic nitrogens is 1. The molecule has 2 rings (SSSR count). The molecule has 1 aliphatic heterocycles. The lowest BCUT2D eigenvalue weighted by Crippen LogP contribution is -2.31. The van der Waals surface area contributed by atoms with Crippen molar-refractivity contribution in [1.29, 1.82) is 0 Å². The summed E-state index contributed by atoms with van der Waals surface area (Å²) in [6.07, 6.45) is 2.27. The molecule has 0 atom stereocenters. The molecule has 0 unspecified atom stereocenters. The molecule has 1 aliphatic rings. The minimum absolute atomic E-state index is 0.166. The van der Waals surface area contributed by atoms with Gasteiger partial charge in [0.1, 0.15) is 10.0 Å². The first kappa shape index (κ1) is 14.5. The Bertz CT molecular complexity index is 407. The van der Waals surface area contributed by atoms with Gasteiger partial charge in [-0.1, -0.05) is 46.4 Å². The molecule has 1 fully saturated rings. The predicted molar refractivity (Wildman–Crippen MR) is 78.4 cm³/mol. The summed E-state index contributed by atoms with van der Waals surface area (Å²) >= 11 is 23.9. The van der Waals surface area contributed by atoms with E-state index >= 15 is 0 Å². The highest BCUT2D eigenvalue weighted by molar-refractivity contribution is 6.48. The van der Waals surface area contributed by atoms with Crippen molar-refractivity contribution in [3.8, 4) is 0 Å². The number of hydrogen-bond acceptors (Lipinski definition) is 3. The fourth-order valence-electron chi connectivity index (χ4n) is 1.97. The molecule has 3 nitrogen and oxygen atoms in total. The molecular weight excluding hydrogens is 316 g/mol. The molecule has 0 saturated carbocycles. The van der Waals surface area contributed by atoms with E-state index in [1.165, 1.54) is 0 Å². The molecule has 0 aliphatic carbocycles. The van der Waals surface area contributed by atoms with Crippen LogP contribution in [-0.4, -0.2) is 24.6 Å². The van der Waals surface area contributed by atoms with E-state index in [2.05, 4.69) is 15.6 Å². The molecule has 0 aromatic carbocycles. The second-order valence-electron chi connectivity index (χ2n) is 4.27. The highest BCUT2D eigenvalue weighted by atomic mass is 35.5. The van der Waals surface area contributed by atoms with Crippen molar-refractivity contribution in [1.82, 2.24) is 10.3 Å². The average molecular weight is 329 g/mol. The Morgan fingerprint density at radius 1 is 1.06 bits per heavy atom. The summed E-state index contributed by atoms with van der Waals surface area (Å²) in [6, 6.07) is 0. The molecule has 1 aromatic rings. The first-order valence-electron chi connectivity index (χ1n) is 5.74. The van der Waals surface area contributed by atoms with Crippen molar-refractivity contribution in [2.45, 2.75) is 12.8 Å². The van der Waals surface area contributed by atoms with E-state index in [1.54, 1.807) is 0 Å². The molecule has 2 heterocycles. The van der Waals surface area contributed by atoms with Gasteiger partial charge in [0.05, 0.1) is 5.69 Å². The Labute approximate surface area is 126 Å². The standard InChI is InChI=1S/C11H13Cl4N3/c12-7-9(8(13)11(15)18-10(7)14)17-5-6-1-3-16-4-2-6/h6,16H,1-5H2,(H,17,18). The summed E-state index contributed by atoms with van der Waals surface area (Å²) in [5.41, 5.74) is 0.571.